The largest absolute Gasteiger partial charge is 0.493 e. The maximum Gasteiger partial charge on any atom is 0.344 e. The van der Waals surface area contributed by atoms with Crippen LogP contribution in [0.5, 0.6) is 11.5 Å². The average Bonchev–Trinajstić information content (AvgIpc) is 3.21. The second kappa shape index (κ2) is 11.6. The number of thioether (sulfide) groups is 1. The molecule has 2 fully saturated rings. The number of halogens is 1. The van der Waals surface area contributed by atoms with Crippen molar-refractivity contribution in [3.63, 3.8) is 0 Å². The van der Waals surface area contributed by atoms with Crippen molar-refractivity contribution < 1.29 is 33.4 Å². The summed E-state index contributed by atoms with van der Waals surface area (Å²) in [4.78, 5) is 53.9. The molecular formula is C28H23BrN2O7S. The number of benzene rings is 3. The summed E-state index contributed by atoms with van der Waals surface area (Å²) in [6.45, 7) is 1.39. The first-order valence-corrected chi connectivity index (χ1v) is 13.6. The molecule has 0 unspecified atom stereocenters. The maximum atomic E-state index is 13.1. The highest BCUT2D eigenvalue weighted by atomic mass is 79.9. The zero-order chi connectivity index (χ0) is 27.5. The predicted molar refractivity (Wildman–Crippen MR) is 150 cm³/mol. The summed E-state index contributed by atoms with van der Waals surface area (Å²) in [5.41, 5.74) is 0.945. The van der Waals surface area contributed by atoms with Crippen LogP contribution in [0.15, 0.2) is 64.0 Å². The average molecular weight is 611 g/mol. The van der Waals surface area contributed by atoms with E-state index in [1.807, 2.05) is 30.3 Å². The highest BCUT2D eigenvalue weighted by Crippen LogP contribution is 2.39. The van der Waals surface area contributed by atoms with Crippen LogP contribution in [-0.4, -0.2) is 72.8 Å². The fraction of sp³-hybridized carbons (Fsp3) is 0.214. The van der Waals surface area contributed by atoms with Crippen molar-refractivity contribution in [3.8, 4) is 11.5 Å². The van der Waals surface area contributed by atoms with Gasteiger partial charge in [-0.1, -0.05) is 36.4 Å². The molecule has 11 heteroatoms. The molecule has 5 rings (SSSR count). The van der Waals surface area contributed by atoms with Crippen LogP contribution in [0.2, 0.25) is 0 Å². The molecule has 2 heterocycles. The second-order valence-electron chi connectivity index (χ2n) is 8.71. The Morgan fingerprint density at radius 3 is 2.59 bits per heavy atom. The Bertz CT molecular complexity index is 1510. The first kappa shape index (κ1) is 26.9. The minimum absolute atomic E-state index is 0.171. The number of hydrogen-bond donors (Lipinski definition) is 0. The van der Waals surface area contributed by atoms with Gasteiger partial charge in [-0.3, -0.25) is 19.3 Å². The van der Waals surface area contributed by atoms with Gasteiger partial charge in [-0.2, -0.15) is 0 Å². The van der Waals surface area contributed by atoms with Crippen LogP contribution in [-0.2, 0) is 14.3 Å². The Balaban J connectivity index is 1.35. The van der Waals surface area contributed by atoms with Gasteiger partial charge in [0.25, 0.3) is 11.1 Å². The molecule has 200 valence electrons. The third kappa shape index (κ3) is 5.70. The van der Waals surface area contributed by atoms with Crippen molar-refractivity contribution in [1.29, 1.82) is 0 Å². The van der Waals surface area contributed by atoms with Crippen molar-refractivity contribution in [3.05, 3.63) is 75.1 Å². The summed E-state index contributed by atoms with van der Waals surface area (Å²) in [5.74, 6) is -0.968. The molecule has 0 bridgehead atoms. The van der Waals surface area contributed by atoms with Crippen molar-refractivity contribution in [1.82, 2.24) is 9.80 Å². The van der Waals surface area contributed by atoms with Crippen molar-refractivity contribution in [2.24, 2.45) is 0 Å². The van der Waals surface area contributed by atoms with E-state index in [2.05, 4.69) is 15.9 Å². The van der Waals surface area contributed by atoms with E-state index < -0.39 is 17.1 Å². The van der Waals surface area contributed by atoms with Crippen molar-refractivity contribution >= 4 is 67.6 Å². The Hall–Kier alpha value is -3.67. The third-order valence-electron chi connectivity index (χ3n) is 6.28. The van der Waals surface area contributed by atoms with Crippen LogP contribution < -0.4 is 9.47 Å². The molecular weight excluding hydrogens is 588 g/mol. The lowest BCUT2D eigenvalue weighted by molar-refractivity contribution is -0.139. The van der Waals surface area contributed by atoms with Gasteiger partial charge in [0.05, 0.1) is 35.3 Å². The zero-order valence-electron chi connectivity index (χ0n) is 20.8. The number of morpholine rings is 1. The number of ether oxygens (including phenoxy) is 3. The lowest BCUT2D eigenvalue weighted by atomic mass is 10.0. The fourth-order valence-corrected chi connectivity index (χ4v) is 5.69. The lowest BCUT2D eigenvalue weighted by Crippen LogP contribution is -2.46. The highest BCUT2D eigenvalue weighted by molar-refractivity contribution is 9.10. The topological polar surface area (TPSA) is 102 Å². The molecule has 2 aliphatic heterocycles. The molecule has 3 aromatic rings. The number of methoxy groups -OCH3 is 1. The molecule has 39 heavy (non-hydrogen) atoms. The van der Waals surface area contributed by atoms with Crippen LogP contribution >= 0.6 is 27.7 Å². The van der Waals surface area contributed by atoms with Gasteiger partial charge in [0.1, 0.15) is 6.54 Å². The standard InChI is InChI=1S/C28H23BrN2O7S/c1-36-22-14-17(15-23-26(33)31(28(35)39-23)16-24(32)30-9-11-37-12-10-30)13-21(29)25(22)38-27(34)20-8-4-6-18-5-2-3-7-19(18)20/h2-8,13-15H,9-12,16H2,1H3/b23-15-. The van der Waals surface area contributed by atoms with Crippen molar-refractivity contribution in [2.45, 2.75) is 0 Å². The van der Waals surface area contributed by atoms with E-state index in [0.29, 0.717) is 41.9 Å². The zero-order valence-corrected chi connectivity index (χ0v) is 23.2. The van der Waals surface area contributed by atoms with Gasteiger partial charge in [-0.15, -0.1) is 0 Å². The van der Waals surface area contributed by atoms with Gasteiger partial charge in [-0.05, 0) is 68.3 Å². The van der Waals surface area contributed by atoms with E-state index in [1.54, 1.807) is 29.2 Å². The maximum absolute atomic E-state index is 13.1. The molecule has 0 aliphatic carbocycles. The first-order chi connectivity index (χ1) is 18.9. The van der Waals surface area contributed by atoms with Crippen molar-refractivity contribution in [2.75, 3.05) is 40.0 Å². The summed E-state index contributed by atoms with van der Waals surface area (Å²) in [7, 11) is 1.44. The summed E-state index contributed by atoms with van der Waals surface area (Å²) in [5, 5.41) is 1.16. The molecule has 0 N–H and O–H groups in total. The number of carbonyl (C=O) groups is 4. The molecule has 0 atom stereocenters. The van der Waals surface area contributed by atoms with Crippen LogP contribution in [0.25, 0.3) is 16.8 Å². The molecule has 2 aliphatic rings. The predicted octanol–water partition coefficient (Wildman–Crippen LogP) is 4.73. The number of amides is 3. The Morgan fingerprint density at radius 1 is 1.08 bits per heavy atom. The van der Waals surface area contributed by atoms with Gasteiger partial charge >= 0.3 is 5.97 Å². The molecule has 0 spiro atoms. The van der Waals surface area contributed by atoms with Gasteiger partial charge < -0.3 is 19.1 Å². The molecule has 0 aromatic heterocycles. The summed E-state index contributed by atoms with van der Waals surface area (Å²) < 4.78 is 16.9. The minimum Gasteiger partial charge on any atom is -0.493 e. The van der Waals surface area contributed by atoms with Crippen LogP contribution in [0.3, 0.4) is 0 Å². The Morgan fingerprint density at radius 2 is 1.82 bits per heavy atom. The number of esters is 1. The summed E-state index contributed by atoms with van der Waals surface area (Å²) in [6, 6.07) is 16.2. The number of nitrogens with zero attached hydrogens (tertiary/aromatic N) is 2. The third-order valence-corrected chi connectivity index (χ3v) is 7.78. The van der Waals surface area contributed by atoms with Crippen LogP contribution in [0, 0.1) is 0 Å². The molecule has 0 saturated carbocycles. The molecule has 3 aromatic carbocycles. The lowest BCUT2D eigenvalue weighted by Gasteiger charge is -2.28. The van der Waals surface area contributed by atoms with E-state index in [-0.39, 0.29) is 28.9 Å². The van der Waals surface area contributed by atoms with Gasteiger partial charge in [-0.25, -0.2) is 4.79 Å². The quantitative estimate of drug-likeness (QED) is 0.224. The van der Waals surface area contributed by atoms with Gasteiger partial charge in [0.15, 0.2) is 11.5 Å². The van der Waals surface area contributed by atoms with E-state index in [1.165, 1.54) is 13.2 Å². The van der Waals surface area contributed by atoms with E-state index in [0.717, 1.165) is 27.4 Å². The molecule has 0 radical (unpaired) electrons. The number of hydrogen-bond acceptors (Lipinski definition) is 8. The normalized spacial score (nSPS) is 16.7. The Kier molecular flexibility index (Phi) is 8.01. The fourth-order valence-electron chi connectivity index (χ4n) is 4.31. The molecule has 2 saturated heterocycles. The summed E-state index contributed by atoms with van der Waals surface area (Å²) in [6.07, 6.45) is 1.54. The van der Waals surface area contributed by atoms with Gasteiger partial charge in [0, 0.05) is 13.1 Å². The van der Waals surface area contributed by atoms with Gasteiger partial charge in [0.2, 0.25) is 5.91 Å². The minimum atomic E-state index is -0.551. The first-order valence-electron chi connectivity index (χ1n) is 12.0. The molecule has 3 amide bonds. The SMILES string of the molecule is COc1cc(/C=C2\SC(=O)N(CC(=O)N3CCOCC3)C2=O)cc(Br)c1OC(=O)c1cccc2ccccc12. The highest BCUT2D eigenvalue weighted by Gasteiger charge is 2.37. The van der Waals surface area contributed by atoms with E-state index in [4.69, 9.17) is 14.2 Å². The Labute approximate surface area is 236 Å². The second-order valence-corrected chi connectivity index (χ2v) is 10.6. The monoisotopic (exact) mass is 610 g/mol. The summed E-state index contributed by atoms with van der Waals surface area (Å²) >= 11 is 4.20. The number of carbonyl (C=O) groups excluding carboxylic acids is 4. The number of imide groups is 1. The number of rotatable bonds is 6. The number of fused-ring (bicyclic) bond motifs is 1. The van der Waals surface area contributed by atoms with Crippen LogP contribution in [0.4, 0.5) is 4.79 Å². The van der Waals surface area contributed by atoms with Crippen LogP contribution in [0.1, 0.15) is 15.9 Å². The van der Waals surface area contributed by atoms with E-state index in [9.17, 15) is 19.2 Å². The van der Waals surface area contributed by atoms with E-state index >= 15 is 0 Å². The molecule has 9 nitrogen and oxygen atoms in total. The smallest absolute Gasteiger partial charge is 0.344 e.